The molecule has 5 heteroatoms. The SMILES string of the molecule is CC1CCC(C(=O)NC2CCC3(CC2)OCCO3)O1. The zero-order chi connectivity index (χ0) is 13.3. The number of carbonyl (C=O) groups is 1. The molecule has 1 amide bonds. The Hall–Kier alpha value is -0.650. The van der Waals surface area contributed by atoms with Gasteiger partial charge >= 0.3 is 0 Å². The summed E-state index contributed by atoms with van der Waals surface area (Å²) in [6.45, 7) is 3.42. The molecular weight excluding hydrogens is 246 g/mol. The van der Waals surface area contributed by atoms with Crippen LogP contribution in [-0.2, 0) is 19.0 Å². The Bertz CT molecular complexity index is 330. The molecule has 2 heterocycles. The Morgan fingerprint density at radius 1 is 1.11 bits per heavy atom. The van der Waals surface area contributed by atoms with Crippen molar-refractivity contribution in [1.82, 2.24) is 5.32 Å². The number of amides is 1. The number of nitrogens with one attached hydrogen (secondary N) is 1. The largest absolute Gasteiger partial charge is 0.365 e. The Balaban J connectivity index is 1.45. The van der Waals surface area contributed by atoms with Gasteiger partial charge in [0, 0.05) is 18.9 Å². The number of hydrogen-bond donors (Lipinski definition) is 1. The van der Waals surface area contributed by atoms with E-state index in [2.05, 4.69) is 5.32 Å². The Labute approximate surface area is 114 Å². The highest BCUT2D eigenvalue weighted by atomic mass is 16.7. The molecule has 1 saturated carbocycles. The first-order valence-electron chi connectivity index (χ1n) is 7.41. The van der Waals surface area contributed by atoms with Crippen molar-refractivity contribution in [2.24, 2.45) is 0 Å². The zero-order valence-corrected chi connectivity index (χ0v) is 11.5. The van der Waals surface area contributed by atoms with Crippen molar-refractivity contribution in [3.8, 4) is 0 Å². The summed E-state index contributed by atoms with van der Waals surface area (Å²) in [5.74, 6) is -0.293. The van der Waals surface area contributed by atoms with Crippen molar-refractivity contribution in [3.63, 3.8) is 0 Å². The fourth-order valence-corrected chi connectivity index (χ4v) is 3.28. The van der Waals surface area contributed by atoms with Gasteiger partial charge in [0.25, 0.3) is 0 Å². The molecule has 2 aliphatic heterocycles. The summed E-state index contributed by atoms with van der Waals surface area (Å²) in [6.07, 6.45) is 5.39. The lowest BCUT2D eigenvalue weighted by atomic mass is 9.90. The lowest BCUT2D eigenvalue weighted by molar-refractivity contribution is -0.180. The van der Waals surface area contributed by atoms with Gasteiger partial charge in [-0.15, -0.1) is 0 Å². The summed E-state index contributed by atoms with van der Waals surface area (Å²) in [5.41, 5.74) is 0. The topological polar surface area (TPSA) is 56.8 Å². The third kappa shape index (κ3) is 2.93. The third-order valence-electron chi connectivity index (χ3n) is 4.43. The van der Waals surface area contributed by atoms with Gasteiger partial charge in [0.2, 0.25) is 5.91 Å². The minimum absolute atomic E-state index is 0.0542. The van der Waals surface area contributed by atoms with E-state index in [0.717, 1.165) is 38.5 Å². The van der Waals surface area contributed by atoms with Crippen LogP contribution in [0.25, 0.3) is 0 Å². The van der Waals surface area contributed by atoms with Crippen LogP contribution in [0.3, 0.4) is 0 Å². The predicted molar refractivity (Wildman–Crippen MR) is 68.6 cm³/mol. The minimum atomic E-state index is -0.348. The van der Waals surface area contributed by atoms with Gasteiger partial charge in [-0.05, 0) is 32.6 Å². The molecule has 19 heavy (non-hydrogen) atoms. The van der Waals surface area contributed by atoms with Crippen molar-refractivity contribution in [3.05, 3.63) is 0 Å². The fraction of sp³-hybridized carbons (Fsp3) is 0.929. The van der Waals surface area contributed by atoms with Crippen molar-refractivity contribution >= 4 is 5.91 Å². The molecule has 1 aliphatic carbocycles. The molecule has 2 atom stereocenters. The van der Waals surface area contributed by atoms with E-state index in [1.54, 1.807) is 0 Å². The molecule has 1 spiro atoms. The van der Waals surface area contributed by atoms with E-state index < -0.39 is 0 Å². The Morgan fingerprint density at radius 3 is 2.37 bits per heavy atom. The van der Waals surface area contributed by atoms with Crippen LogP contribution in [0.2, 0.25) is 0 Å². The summed E-state index contributed by atoms with van der Waals surface area (Å²) >= 11 is 0. The third-order valence-corrected chi connectivity index (χ3v) is 4.43. The molecule has 3 aliphatic rings. The van der Waals surface area contributed by atoms with Gasteiger partial charge in [0.05, 0.1) is 19.3 Å². The van der Waals surface area contributed by atoms with Gasteiger partial charge in [-0.25, -0.2) is 0 Å². The van der Waals surface area contributed by atoms with E-state index in [9.17, 15) is 4.79 Å². The van der Waals surface area contributed by atoms with E-state index in [4.69, 9.17) is 14.2 Å². The van der Waals surface area contributed by atoms with Gasteiger partial charge in [0.1, 0.15) is 6.10 Å². The first-order chi connectivity index (χ1) is 9.17. The monoisotopic (exact) mass is 269 g/mol. The molecule has 0 aromatic heterocycles. The van der Waals surface area contributed by atoms with Crippen molar-refractivity contribution in [1.29, 1.82) is 0 Å². The summed E-state index contributed by atoms with van der Waals surface area (Å²) < 4.78 is 17.0. The van der Waals surface area contributed by atoms with Crippen LogP contribution in [0.4, 0.5) is 0 Å². The molecule has 2 saturated heterocycles. The van der Waals surface area contributed by atoms with E-state index in [-0.39, 0.29) is 29.9 Å². The Kier molecular flexibility index (Phi) is 3.78. The molecule has 5 nitrogen and oxygen atoms in total. The molecule has 1 N–H and O–H groups in total. The van der Waals surface area contributed by atoms with E-state index in [0.29, 0.717) is 13.2 Å². The second kappa shape index (κ2) is 5.38. The van der Waals surface area contributed by atoms with Crippen LogP contribution in [0.15, 0.2) is 0 Å². The first-order valence-corrected chi connectivity index (χ1v) is 7.41. The maximum Gasteiger partial charge on any atom is 0.249 e. The molecule has 3 rings (SSSR count). The Morgan fingerprint density at radius 2 is 1.79 bits per heavy atom. The maximum absolute atomic E-state index is 12.1. The van der Waals surface area contributed by atoms with Gasteiger partial charge < -0.3 is 19.5 Å². The lowest BCUT2D eigenvalue weighted by Crippen LogP contribution is -2.46. The van der Waals surface area contributed by atoms with Crippen molar-refractivity contribution < 1.29 is 19.0 Å². The average molecular weight is 269 g/mol. The van der Waals surface area contributed by atoms with Crippen LogP contribution in [-0.4, -0.2) is 43.2 Å². The van der Waals surface area contributed by atoms with E-state index in [1.807, 2.05) is 6.92 Å². The molecule has 0 aromatic rings. The minimum Gasteiger partial charge on any atom is -0.365 e. The molecule has 0 radical (unpaired) electrons. The number of hydrogen-bond acceptors (Lipinski definition) is 4. The highest BCUT2D eigenvalue weighted by molar-refractivity contribution is 5.81. The van der Waals surface area contributed by atoms with Gasteiger partial charge in [-0.3, -0.25) is 4.79 Å². The van der Waals surface area contributed by atoms with E-state index in [1.165, 1.54) is 0 Å². The second-order valence-corrected chi connectivity index (χ2v) is 5.90. The molecule has 2 unspecified atom stereocenters. The van der Waals surface area contributed by atoms with Crippen LogP contribution in [0, 0.1) is 0 Å². The normalized spacial score (nSPS) is 34.8. The quantitative estimate of drug-likeness (QED) is 0.822. The first kappa shape index (κ1) is 13.3. The van der Waals surface area contributed by atoms with Gasteiger partial charge in [-0.2, -0.15) is 0 Å². The summed E-state index contributed by atoms with van der Waals surface area (Å²) in [4.78, 5) is 12.1. The predicted octanol–water partition coefficient (Wildman–Crippen LogP) is 1.36. The second-order valence-electron chi connectivity index (χ2n) is 5.90. The smallest absolute Gasteiger partial charge is 0.249 e. The average Bonchev–Trinajstić information content (AvgIpc) is 3.02. The van der Waals surface area contributed by atoms with Crippen LogP contribution < -0.4 is 5.32 Å². The summed E-state index contributed by atoms with van der Waals surface area (Å²) in [7, 11) is 0. The maximum atomic E-state index is 12.1. The summed E-state index contributed by atoms with van der Waals surface area (Å²) in [5, 5.41) is 3.11. The van der Waals surface area contributed by atoms with Crippen molar-refractivity contribution in [2.75, 3.05) is 13.2 Å². The molecule has 0 aromatic carbocycles. The molecule has 3 fully saturated rings. The highest BCUT2D eigenvalue weighted by Crippen LogP contribution is 2.35. The standard InChI is InChI=1S/C14H23NO4/c1-10-2-3-12(19-10)13(16)15-11-4-6-14(7-5-11)17-8-9-18-14/h10-12H,2-9H2,1H3,(H,15,16). The van der Waals surface area contributed by atoms with Crippen LogP contribution in [0.1, 0.15) is 45.4 Å². The van der Waals surface area contributed by atoms with Crippen molar-refractivity contribution in [2.45, 2.75) is 69.5 Å². The summed E-state index contributed by atoms with van der Waals surface area (Å²) in [6, 6.07) is 0.241. The van der Waals surface area contributed by atoms with Gasteiger partial charge in [0.15, 0.2) is 5.79 Å². The van der Waals surface area contributed by atoms with Gasteiger partial charge in [-0.1, -0.05) is 0 Å². The van der Waals surface area contributed by atoms with Crippen LogP contribution >= 0.6 is 0 Å². The zero-order valence-electron chi connectivity index (χ0n) is 11.5. The highest BCUT2D eigenvalue weighted by Gasteiger charge is 2.41. The lowest BCUT2D eigenvalue weighted by Gasteiger charge is -2.35. The molecule has 108 valence electrons. The number of rotatable bonds is 2. The number of ether oxygens (including phenoxy) is 3. The molecule has 0 bridgehead atoms. The molecular formula is C14H23NO4. The van der Waals surface area contributed by atoms with E-state index >= 15 is 0 Å². The number of carbonyl (C=O) groups excluding carboxylic acids is 1. The fourth-order valence-electron chi connectivity index (χ4n) is 3.28. The van der Waals surface area contributed by atoms with Crippen LogP contribution in [0.5, 0.6) is 0 Å².